The van der Waals surface area contributed by atoms with Crippen LogP contribution in [0.25, 0.3) is 11.4 Å². The van der Waals surface area contributed by atoms with Crippen molar-refractivity contribution >= 4 is 21.6 Å². The molecule has 88 valence electrons. The molecule has 0 aliphatic carbocycles. The van der Waals surface area contributed by atoms with Gasteiger partial charge in [-0.15, -0.1) is 0 Å². The van der Waals surface area contributed by atoms with E-state index in [1.807, 2.05) is 0 Å². The van der Waals surface area contributed by atoms with Crippen molar-refractivity contribution in [1.29, 1.82) is 0 Å². The number of anilines is 1. The molecule has 0 atom stereocenters. The van der Waals surface area contributed by atoms with Crippen molar-refractivity contribution in [2.75, 3.05) is 5.73 Å². The summed E-state index contributed by atoms with van der Waals surface area (Å²) in [4.78, 5) is 17.5. The lowest BCUT2D eigenvalue weighted by molar-refractivity contribution is 0.504. The highest BCUT2D eigenvalue weighted by atomic mass is 79.9. The van der Waals surface area contributed by atoms with Gasteiger partial charge in [-0.2, -0.15) is 0 Å². The number of halogens is 3. The molecule has 2 rings (SSSR count). The summed E-state index contributed by atoms with van der Waals surface area (Å²) in [5.74, 6) is -1.92. The summed E-state index contributed by atoms with van der Waals surface area (Å²) < 4.78 is 26.1. The van der Waals surface area contributed by atoms with Crippen LogP contribution in [0.2, 0.25) is 0 Å². The van der Waals surface area contributed by atoms with E-state index in [4.69, 9.17) is 5.73 Å². The molecule has 1 aromatic heterocycles. The zero-order chi connectivity index (χ0) is 12.6. The average molecular weight is 302 g/mol. The number of H-pyrrole nitrogens is 1. The van der Waals surface area contributed by atoms with E-state index in [2.05, 4.69) is 25.9 Å². The van der Waals surface area contributed by atoms with Crippen molar-refractivity contribution in [2.24, 2.45) is 0 Å². The monoisotopic (exact) mass is 301 g/mol. The molecule has 17 heavy (non-hydrogen) atoms. The summed E-state index contributed by atoms with van der Waals surface area (Å²) in [6.45, 7) is 0. The minimum Gasteiger partial charge on any atom is -0.393 e. The first-order valence-electron chi connectivity index (χ1n) is 4.49. The van der Waals surface area contributed by atoms with Crippen LogP contribution in [-0.4, -0.2) is 9.97 Å². The van der Waals surface area contributed by atoms with Gasteiger partial charge in [0.15, 0.2) is 11.6 Å². The minimum atomic E-state index is -1.04. The van der Waals surface area contributed by atoms with Crippen LogP contribution < -0.4 is 11.3 Å². The van der Waals surface area contributed by atoms with Gasteiger partial charge in [0, 0.05) is 5.56 Å². The Morgan fingerprint density at radius 2 is 2.06 bits per heavy atom. The Balaban J connectivity index is 2.65. The molecule has 0 saturated carbocycles. The van der Waals surface area contributed by atoms with E-state index in [9.17, 15) is 13.6 Å². The third-order valence-corrected chi connectivity index (χ3v) is 2.89. The first kappa shape index (κ1) is 11.7. The van der Waals surface area contributed by atoms with E-state index >= 15 is 0 Å². The molecular formula is C10H6BrF2N3O. The third kappa shape index (κ3) is 2.05. The van der Waals surface area contributed by atoms with E-state index < -0.39 is 17.2 Å². The van der Waals surface area contributed by atoms with Crippen molar-refractivity contribution in [3.8, 4) is 11.4 Å². The molecule has 0 fully saturated rings. The normalized spacial score (nSPS) is 10.5. The third-order valence-electron chi connectivity index (χ3n) is 2.12. The smallest absolute Gasteiger partial charge is 0.274 e. The molecule has 4 nitrogen and oxygen atoms in total. The van der Waals surface area contributed by atoms with Crippen molar-refractivity contribution in [3.63, 3.8) is 0 Å². The molecule has 0 radical (unpaired) electrons. The maximum atomic E-state index is 13.3. The molecular weight excluding hydrogens is 296 g/mol. The molecule has 2 aromatic rings. The lowest BCUT2D eigenvalue weighted by Gasteiger charge is -2.05. The van der Waals surface area contributed by atoms with Crippen molar-refractivity contribution < 1.29 is 8.78 Å². The van der Waals surface area contributed by atoms with Crippen LogP contribution in [0.5, 0.6) is 0 Å². The summed E-state index contributed by atoms with van der Waals surface area (Å²) in [6.07, 6.45) is 1.15. The lowest BCUT2D eigenvalue weighted by atomic mass is 10.2. The fraction of sp³-hybridized carbons (Fsp3) is 0. The number of nitrogen functional groups attached to an aromatic ring is 1. The van der Waals surface area contributed by atoms with Crippen LogP contribution in [0.1, 0.15) is 0 Å². The van der Waals surface area contributed by atoms with Gasteiger partial charge in [-0.05, 0) is 28.1 Å². The van der Waals surface area contributed by atoms with Crippen molar-refractivity contribution in [2.45, 2.75) is 0 Å². The highest BCUT2D eigenvalue weighted by Crippen LogP contribution is 2.29. The second-order valence-corrected chi connectivity index (χ2v) is 4.03. The number of benzene rings is 1. The number of nitrogens with one attached hydrogen (secondary N) is 1. The van der Waals surface area contributed by atoms with E-state index in [1.54, 1.807) is 0 Å². The number of rotatable bonds is 1. The molecule has 3 N–H and O–H groups in total. The molecule has 0 aliphatic heterocycles. The van der Waals surface area contributed by atoms with Crippen LogP contribution in [0.4, 0.5) is 14.5 Å². The van der Waals surface area contributed by atoms with Gasteiger partial charge in [0.05, 0.1) is 10.7 Å². The summed E-state index contributed by atoms with van der Waals surface area (Å²) >= 11 is 2.90. The second kappa shape index (κ2) is 4.25. The number of nitrogens with zero attached hydrogens (tertiary/aromatic N) is 1. The fourth-order valence-electron chi connectivity index (χ4n) is 1.25. The molecule has 0 saturated heterocycles. The van der Waals surface area contributed by atoms with Crippen molar-refractivity contribution in [3.05, 3.63) is 44.8 Å². The predicted octanol–water partition coefficient (Wildman–Crippen LogP) is 2.06. The number of hydrogen-bond donors (Lipinski definition) is 2. The summed E-state index contributed by atoms with van der Waals surface area (Å²) in [5.41, 5.74) is 4.96. The van der Waals surface area contributed by atoms with Gasteiger partial charge in [0.2, 0.25) is 0 Å². The average Bonchev–Trinajstić information content (AvgIpc) is 2.30. The SMILES string of the molecule is Nc1cnc(-c2ccc(F)c(F)c2Br)[nH]c1=O. The standard InChI is InChI=1S/C10H6BrF2N3O/c11-7-4(1-2-5(12)8(7)13)9-15-3-6(14)10(17)16-9/h1-3H,14H2,(H,15,16,17). The Kier molecular flexibility index (Phi) is 2.93. The van der Waals surface area contributed by atoms with Gasteiger partial charge in [-0.3, -0.25) is 4.79 Å². The van der Waals surface area contributed by atoms with Crippen LogP contribution in [0.3, 0.4) is 0 Å². The number of nitrogens with two attached hydrogens (primary N) is 1. The topological polar surface area (TPSA) is 71.8 Å². The predicted molar refractivity (Wildman–Crippen MR) is 62.3 cm³/mol. The molecule has 7 heteroatoms. The zero-order valence-corrected chi connectivity index (χ0v) is 9.88. The van der Waals surface area contributed by atoms with E-state index in [0.29, 0.717) is 0 Å². The van der Waals surface area contributed by atoms with Crippen molar-refractivity contribution in [1.82, 2.24) is 9.97 Å². The Morgan fingerprint density at radius 3 is 2.71 bits per heavy atom. The van der Waals surface area contributed by atoms with Gasteiger partial charge in [0.25, 0.3) is 5.56 Å². The first-order valence-corrected chi connectivity index (χ1v) is 5.28. The molecule has 1 heterocycles. The van der Waals surface area contributed by atoms with Crippen LogP contribution in [0.15, 0.2) is 27.6 Å². The molecule has 1 aromatic carbocycles. The maximum absolute atomic E-state index is 13.3. The summed E-state index contributed by atoms with van der Waals surface area (Å²) in [5, 5.41) is 0. The van der Waals surface area contributed by atoms with E-state index in [1.165, 1.54) is 6.07 Å². The lowest BCUT2D eigenvalue weighted by Crippen LogP contribution is -2.13. The maximum Gasteiger partial charge on any atom is 0.274 e. The van der Waals surface area contributed by atoms with Gasteiger partial charge in [-0.1, -0.05) is 0 Å². The zero-order valence-electron chi connectivity index (χ0n) is 8.30. The van der Waals surface area contributed by atoms with E-state index in [-0.39, 0.29) is 21.5 Å². The Morgan fingerprint density at radius 1 is 1.35 bits per heavy atom. The Bertz CT molecular complexity index is 642. The van der Waals surface area contributed by atoms with Gasteiger partial charge < -0.3 is 10.7 Å². The van der Waals surface area contributed by atoms with Gasteiger partial charge >= 0.3 is 0 Å². The van der Waals surface area contributed by atoms with Crippen LogP contribution >= 0.6 is 15.9 Å². The number of aromatic nitrogens is 2. The molecule has 0 unspecified atom stereocenters. The largest absolute Gasteiger partial charge is 0.393 e. The highest BCUT2D eigenvalue weighted by molar-refractivity contribution is 9.10. The first-order chi connectivity index (χ1) is 8.00. The Labute approximate surface area is 103 Å². The molecule has 0 bridgehead atoms. The molecule has 0 spiro atoms. The fourth-order valence-corrected chi connectivity index (χ4v) is 1.76. The quantitative estimate of drug-likeness (QED) is 0.792. The van der Waals surface area contributed by atoms with Gasteiger partial charge in [-0.25, -0.2) is 13.8 Å². The van der Waals surface area contributed by atoms with Crippen LogP contribution in [0, 0.1) is 11.6 Å². The molecule has 0 amide bonds. The van der Waals surface area contributed by atoms with Crippen LogP contribution in [-0.2, 0) is 0 Å². The number of hydrogen-bond acceptors (Lipinski definition) is 3. The summed E-state index contributed by atoms with van der Waals surface area (Å²) in [7, 11) is 0. The summed E-state index contributed by atoms with van der Waals surface area (Å²) in [6, 6.07) is 2.25. The molecule has 0 aliphatic rings. The highest BCUT2D eigenvalue weighted by Gasteiger charge is 2.14. The number of aromatic amines is 1. The van der Waals surface area contributed by atoms with E-state index in [0.717, 1.165) is 12.3 Å². The Hall–Kier alpha value is -1.76. The van der Waals surface area contributed by atoms with Gasteiger partial charge in [0.1, 0.15) is 11.5 Å². The minimum absolute atomic E-state index is 0.0487. The second-order valence-electron chi connectivity index (χ2n) is 3.24.